The molecule has 20 heavy (non-hydrogen) atoms. The third-order valence-electron chi connectivity index (χ3n) is 2.69. The van der Waals surface area contributed by atoms with Crippen molar-refractivity contribution in [1.29, 1.82) is 0 Å². The van der Waals surface area contributed by atoms with Gasteiger partial charge in [0.15, 0.2) is 5.82 Å². The van der Waals surface area contributed by atoms with Crippen molar-refractivity contribution >= 4 is 11.6 Å². The Morgan fingerprint density at radius 1 is 0.850 bits per heavy atom. The van der Waals surface area contributed by atoms with E-state index in [2.05, 4.69) is 9.97 Å². The maximum Gasteiger partial charge on any atom is 0.160 e. The topological polar surface area (TPSA) is 35.0 Å². The van der Waals surface area contributed by atoms with Gasteiger partial charge in [0.25, 0.3) is 0 Å². The van der Waals surface area contributed by atoms with Crippen LogP contribution in [0.15, 0.2) is 66.9 Å². The molecule has 0 saturated heterocycles. The van der Waals surface area contributed by atoms with Gasteiger partial charge in [0, 0.05) is 11.8 Å². The molecule has 3 rings (SSSR count). The minimum atomic E-state index is 0.421. The zero-order chi connectivity index (χ0) is 13.8. The number of hydrogen-bond acceptors (Lipinski definition) is 3. The zero-order valence-corrected chi connectivity index (χ0v) is 11.3. The van der Waals surface area contributed by atoms with Crippen molar-refractivity contribution in [2.24, 2.45) is 0 Å². The van der Waals surface area contributed by atoms with Crippen molar-refractivity contribution in [2.75, 3.05) is 0 Å². The van der Waals surface area contributed by atoms with Crippen LogP contribution < -0.4 is 4.74 Å². The van der Waals surface area contributed by atoms with Crippen molar-refractivity contribution in [2.45, 2.75) is 0 Å². The van der Waals surface area contributed by atoms with Gasteiger partial charge in [0.1, 0.15) is 16.7 Å². The first kappa shape index (κ1) is 12.6. The van der Waals surface area contributed by atoms with E-state index >= 15 is 0 Å². The number of benzene rings is 2. The molecule has 0 spiro atoms. The smallest absolute Gasteiger partial charge is 0.160 e. The molecular weight excluding hydrogens is 272 g/mol. The van der Waals surface area contributed by atoms with E-state index < -0.39 is 0 Å². The molecule has 3 nitrogen and oxygen atoms in total. The van der Waals surface area contributed by atoms with Crippen LogP contribution in [0.2, 0.25) is 5.15 Å². The van der Waals surface area contributed by atoms with Crippen LogP contribution >= 0.6 is 11.6 Å². The maximum atomic E-state index is 5.88. The summed E-state index contributed by atoms with van der Waals surface area (Å²) in [6.45, 7) is 0. The van der Waals surface area contributed by atoms with Gasteiger partial charge >= 0.3 is 0 Å². The molecule has 3 aromatic rings. The summed E-state index contributed by atoms with van der Waals surface area (Å²) >= 11 is 5.88. The van der Waals surface area contributed by atoms with Gasteiger partial charge in [-0.2, -0.15) is 0 Å². The molecule has 0 aliphatic carbocycles. The molecule has 1 heterocycles. The molecule has 0 aliphatic heterocycles. The molecule has 98 valence electrons. The first-order valence-electron chi connectivity index (χ1n) is 6.13. The first-order valence-corrected chi connectivity index (χ1v) is 6.51. The average molecular weight is 283 g/mol. The summed E-state index contributed by atoms with van der Waals surface area (Å²) in [6, 6.07) is 18.9. The van der Waals surface area contributed by atoms with Crippen LogP contribution in [0.4, 0.5) is 0 Å². The average Bonchev–Trinajstić information content (AvgIpc) is 2.49. The lowest BCUT2D eigenvalue weighted by molar-refractivity contribution is 0.483. The number of para-hydroxylation sites is 1. The van der Waals surface area contributed by atoms with E-state index in [1.165, 1.54) is 0 Å². The number of hydrogen-bond donors (Lipinski definition) is 0. The van der Waals surface area contributed by atoms with E-state index in [4.69, 9.17) is 16.3 Å². The predicted octanol–water partition coefficient (Wildman–Crippen LogP) is 4.59. The molecule has 1 aromatic heterocycles. The molecule has 0 amide bonds. The number of halogens is 1. The fourth-order valence-electron chi connectivity index (χ4n) is 1.80. The Hall–Kier alpha value is -2.39. The highest BCUT2D eigenvalue weighted by atomic mass is 35.5. The largest absolute Gasteiger partial charge is 0.457 e. The summed E-state index contributed by atoms with van der Waals surface area (Å²) in [4.78, 5) is 8.40. The second kappa shape index (κ2) is 5.72. The lowest BCUT2D eigenvalue weighted by Crippen LogP contribution is -1.89. The molecule has 0 atom stereocenters. The summed E-state index contributed by atoms with van der Waals surface area (Å²) in [5, 5.41) is 0.421. The predicted molar refractivity (Wildman–Crippen MR) is 79.0 cm³/mol. The molecule has 4 heteroatoms. The Labute approximate surface area is 121 Å². The molecule has 0 radical (unpaired) electrons. The Morgan fingerprint density at radius 2 is 1.65 bits per heavy atom. The highest BCUT2D eigenvalue weighted by molar-refractivity contribution is 6.29. The van der Waals surface area contributed by atoms with Crippen LogP contribution in [0.1, 0.15) is 0 Å². The fourth-order valence-corrected chi connectivity index (χ4v) is 1.94. The normalized spacial score (nSPS) is 10.2. The summed E-state index contributed by atoms with van der Waals surface area (Å²) in [7, 11) is 0. The maximum absolute atomic E-state index is 5.88. The summed E-state index contributed by atoms with van der Waals surface area (Å²) in [5.74, 6) is 2.10. The van der Waals surface area contributed by atoms with Crippen LogP contribution in [0.3, 0.4) is 0 Å². The van der Waals surface area contributed by atoms with Gasteiger partial charge in [-0.25, -0.2) is 9.97 Å². The van der Waals surface area contributed by atoms with E-state index in [0.717, 1.165) is 17.1 Å². The highest BCUT2D eigenvalue weighted by Gasteiger charge is 2.04. The van der Waals surface area contributed by atoms with Crippen molar-refractivity contribution in [3.63, 3.8) is 0 Å². The number of ether oxygens (including phenoxy) is 1. The van der Waals surface area contributed by atoms with E-state index in [1.807, 2.05) is 54.6 Å². The minimum absolute atomic E-state index is 0.421. The molecule has 0 bridgehead atoms. The van der Waals surface area contributed by atoms with Crippen molar-refractivity contribution < 1.29 is 4.74 Å². The molecule has 0 N–H and O–H groups in total. The highest BCUT2D eigenvalue weighted by Crippen LogP contribution is 2.25. The van der Waals surface area contributed by atoms with Gasteiger partial charge in [0.05, 0.1) is 0 Å². The Bertz CT molecular complexity index is 716. The molecule has 0 unspecified atom stereocenters. The SMILES string of the molecule is Clc1ccnc(-c2cccc(Oc3ccccc3)c2)n1. The second-order valence-corrected chi connectivity index (χ2v) is 4.53. The molecule has 0 aliphatic rings. The van der Waals surface area contributed by atoms with E-state index in [9.17, 15) is 0 Å². The molecule has 2 aromatic carbocycles. The van der Waals surface area contributed by atoms with E-state index in [0.29, 0.717) is 11.0 Å². The number of aromatic nitrogens is 2. The van der Waals surface area contributed by atoms with Crippen molar-refractivity contribution in [3.8, 4) is 22.9 Å². The molecular formula is C16H11ClN2O. The lowest BCUT2D eigenvalue weighted by atomic mass is 10.2. The van der Waals surface area contributed by atoms with Crippen LogP contribution in [0.25, 0.3) is 11.4 Å². The van der Waals surface area contributed by atoms with Gasteiger partial charge in [-0.1, -0.05) is 41.9 Å². The van der Waals surface area contributed by atoms with Gasteiger partial charge in [-0.05, 0) is 30.3 Å². The van der Waals surface area contributed by atoms with Gasteiger partial charge < -0.3 is 4.74 Å². The van der Waals surface area contributed by atoms with E-state index in [-0.39, 0.29) is 0 Å². The third-order valence-corrected chi connectivity index (χ3v) is 2.90. The fraction of sp³-hybridized carbons (Fsp3) is 0. The van der Waals surface area contributed by atoms with Crippen LogP contribution in [-0.4, -0.2) is 9.97 Å². The van der Waals surface area contributed by atoms with Crippen LogP contribution in [0, 0.1) is 0 Å². The second-order valence-electron chi connectivity index (χ2n) is 4.15. The van der Waals surface area contributed by atoms with Gasteiger partial charge in [-0.15, -0.1) is 0 Å². The third kappa shape index (κ3) is 2.95. The zero-order valence-electron chi connectivity index (χ0n) is 10.5. The molecule has 0 fully saturated rings. The Kier molecular flexibility index (Phi) is 3.61. The Balaban J connectivity index is 1.90. The quantitative estimate of drug-likeness (QED) is 0.659. The summed E-state index contributed by atoms with van der Waals surface area (Å²) < 4.78 is 5.78. The van der Waals surface area contributed by atoms with Crippen molar-refractivity contribution in [1.82, 2.24) is 9.97 Å². The number of nitrogens with zero attached hydrogens (tertiary/aromatic N) is 2. The first-order chi connectivity index (χ1) is 9.81. The standard InChI is InChI=1S/C16H11ClN2O/c17-15-9-10-18-16(19-15)12-5-4-8-14(11-12)20-13-6-2-1-3-7-13/h1-11H. The van der Waals surface area contributed by atoms with E-state index in [1.54, 1.807) is 12.3 Å². The minimum Gasteiger partial charge on any atom is -0.457 e. The summed E-state index contributed by atoms with van der Waals surface area (Å²) in [5.41, 5.74) is 0.862. The van der Waals surface area contributed by atoms with Gasteiger partial charge in [-0.3, -0.25) is 0 Å². The lowest BCUT2D eigenvalue weighted by Gasteiger charge is -2.07. The Morgan fingerprint density at radius 3 is 2.45 bits per heavy atom. The van der Waals surface area contributed by atoms with Gasteiger partial charge in [0.2, 0.25) is 0 Å². The summed E-state index contributed by atoms with van der Waals surface area (Å²) in [6.07, 6.45) is 1.63. The monoisotopic (exact) mass is 282 g/mol. The van der Waals surface area contributed by atoms with Crippen LogP contribution in [0.5, 0.6) is 11.5 Å². The molecule has 0 saturated carbocycles. The van der Waals surface area contributed by atoms with Crippen molar-refractivity contribution in [3.05, 3.63) is 72.0 Å². The number of rotatable bonds is 3. The van der Waals surface area contributed by atoms with Crippen LogP contribution in [-0.2, 0) is 0 Å².